The molecule has 0 heterocycles. The van der Waals surface area contributed by atoms with E-state index in [-0.39, 0.29) is 0 Å². The normalized spacial score (nSPS) is 11.5. The van der Waals surface area contributed by atoms with Crippen molar-refractivity contribution in [3.8, 4) is 29.1 Å². The van der Waals surface area contributed by atoms with Crippen LogP contribution in [0.3, 0.4) is 0 Å². The van der Waals surface area contributed by atoms with Gasteiger partial charge in [0.2, 0.25) is 0 Å². The molecule has 0 saturated heterocycles. The molecule has 0 aliphatic carbocycles. The van der Waals surface area contributed by atoms with Gasteiger partial charge in [-0.15, -0.1) is 0 Å². The van der Waals surface area contributed by atoms with Gasteiger partial charge in [-0.05, 0) is 71.5 Å². The Labute approximate surface area is 196 Å². The van der Waals surface area contributed by atoms with Gasteiger partial charge in [0.15, 0.2) is 6.10 Å². The number of aliphatic carboxylic acids is 1. The highest BCUT2D eigenvalue weighted by Crippen LogP contribution is 2.23. The molecule has 2 aromatic carbocycles. The molecule has 2 rings (SSSR count). The zero-order chi connectivity index (χ0) is 22.6. The first-order valence-electron chi connectivity index (χ1n) is 9.62. The maximum atomic E-state index is 11.2. The number of carboxylic acid groups (broad SMARTS) is 1. The predicted octanol–water partition coefficient (Wildman–Crippen LogP) is 4.33. The first kappa shape index (κ1) is 24.6. The Morgan fingerprint density at radius 2 is 1.87 bits per heavy atom. The van der Waals surface area contributed by atoms with Gasteiger partial charge >= 0.3 is 5.97 Å². The lowest BCUT2D eigenvalue weighted by Gasteiger charge is -2.13. The Hall–Kier alpha value is -2.70. The van der Waals surface area contributed by atoms with Crippen molar-refractivity contribution in [2.24, 2.45) is 0 Å². The molecule has 0 saturated carbocycles. The lowest BCUT2D eigenvalue weighted by molar-refractivity contribution is -0.149. The molecule has 0 bridgehead atoms. The average Bonchev–Trinajstić information content (AvgIpc) is 2.76. The smallest absolute Gasteiger partial charge is 0.333 e. The maximum Gasteiger partial charge on any atom is 0.333 e. The minimum absolute atomic E-state index is 0.310. The highest BCUT2D eigenvalue weighted by Gasteiger charge is 2.18. The molecule has 6 nitrogen and oxygen atoms in total. The molecule has 0 amide bonds. The summed E-state index contributed by atoms with van der Waals surface area (Å²) >= 11 is 2.17. The fourth-order valence-electron chi connectivity index (χ4n) is 2.67. The quantitative estimate of drug-likeness (QED) is 0.360. The molecular weight excluding hydrogens is 511 g/mol. The minimum Gasteiger partial charge on any atom is -0.497 e. The van der Waals surface area contributed by atoms with Crippen molar-refractivity contribution in [1.82, 2.24) is 0 Å². The van der Waals surface area contributed by atoms with Crippen LogP contribution < -0.4 is 14.2 Å². The molecule has 31 heavy (non-hydrogen) atoms. The number of carboxylic acids is 1. The number of rotatable bonds is 10. The molecule has 0 aliphatic rings. The molecular formula is C24H25IO6. The van der Waals surface area contributed by atoms with Gasteiger partial charge in [-0.25, -0.2) is 4.79 Å². The Balaban J connectivity index is 1.92. The summed E-state index contributed by atoms with van der Waals surface area (Å²) in [7, 11) is 3.20. The number of ether oxygens (including phenoxy) is 4. The van der Waals surface area contributed by atoms with Gasteiger partial charge in [-0.3, -0.25) is 0 Å². The first-order valence-corrected chi connectivity index (χ1v) is 10.7. The van der Waals surface area contributed by atoms with E-state index in [0.717, 1.165) is 20.4 Å². The van der Waals surface area contributed by atoms with E-state index in [1.807, 2.05) is 36.4 Å². The molecule has 0 aromatic heterocycles. The maximum absolute atomic E-state index is 11.2. The number of benzene rings is 2. The SMILES string of the molecule is CCOC(Cc1ccc(OCC=CC#Cc2cc(OC)cc(OC)c2)c(I)c1)C(=O)O. The van der Waals surface area contributed by atoms with Crippen LogP contribution >= 0.6 is 22.6 Å². The summed E-state index contributed by atoms with van der Waals surface area (Å²) in [5, 5.41) is 9.22. The molecule has 0 aliphatic heterocycles. The van der Waals surface area contributed by atoms with E-state index in [4.69, 9.17) is 18.9 Å². The number of halogens is 1. The Bertz CT molecular complexity index is 952. The van der Waals surface area contributed by atoms with Crippen LogP contribution in [0.2, 0.25) is 0 Å². The molecule has 1 atom stereocenters. The molecule has 0 spiro atoms. The van der Waals surface area contributed by atoms with Crippen LogP contribution in [0.5, 0.6) is 17.2 Å². The molecule has 0 fully saturated rings. The number of methoxy groups -OCH3 is 2. The molecule has 1 unspecified atom stereocenters. The van der Waals surface area contributed by atoms with Gasteiger partial charge in [0, 0.05) is 24.7 Å². The summed E-state index contributed by atoms with van der Waals surface area (Å²) in [4.78, 5) is 11.2. The van der Waals surface area contributed by atoms with E-state index in [9.17, 15) is 9.90 Å². The van der Waals surface area contributed by atoms with Crippen molar-refractivity contribution >= 4 is 28.6 Å². The van der Waals surface area contributed by atoms with E-state index in [1.54, 1.807) is 33.3 Å². The predicted molar refractivity (Wildman–Crippen MR) is 127 cm³/mol. The highest BCUT2D eigenvalue weighted by atomic mass is 127. The Morgan fingerprint density at radius 1 is 1.16 bits per heavy atom. The van der Waals surface area contributed by atoms with Crippen molar-refractivity contribution in [2.75, 3.05) is 27.4 Å². The van der Waals surface area contributed by atoms with E-state index < -0.39 is 12.1 Å². The fraction of sp³-hybridized carbons (Fsp3) is 0.292. The van der Waals surface area contributed by atoms with Crippen molar-refractivity contribution in [3.63, 3.8) is 0 Å². The molecule has 1 N–H and O–H groups in total. The van der Waals surface area contributed by atoms with Crippen LogP contribution in [0.15, 0.2) is 48.6 Å². The van der Waals surface area contributed by atoms with Crippen molar-refractivity contribution in [1.29, 1.82) is 0 Å². The van der Waals surface area contributed by atoms with Gasteiger partial charge in [-0.2, -0.15) is 0 Å². The molecule has 164 valence electrons. The van der Waals surface area contributed by atoms with Gasteiger partial charge in [0.25, 0.3) is 0 Å². The first-order chi connectivity index (χ1) is 15.0. The van der Waals surface area contributed by atoms with Crippen LogP contribution in [0, 0.1) is 15.4 Å². The number of hydrogen-bond donors (Lipinski definition) is 1. The van der Waals surface area contributed by atoms with E-state index in [0.29, 0.717) is 31.1 Å². The van der Waals surface area contributed by atoms with Gasteiger partial charge in [0.1, 0.15) is 23.9 Å². The minimum atomic E-state index is -0.962. The Morgan fingerprint density at radius 3 is 2.45 bits per heavy atom. The summed E-state index contributed by atoms with van der Waals surface area (Å²) in [5.74, 6) is 7.13. The lowest BCUT2D eigenvalue weighted by atomic mass is 10.1. The number of hydrogen-bond acceptors (Lipinski definition) is 5. The monoisotopic (exact) mass is 536 g/mol. The van der Waals surface area contributed by atoms with E-state index in [1.165, 1.54) is 0 Å². The van der Waals surface area contributed by atoms with Crippen LogP contribution in [0.1, 0.15) is 18.1 Å². The average molecular weight is 536 g/mol. The topological polar surface area (TPSA) is 74.2 Å². The zero-order valence-electron chi connectivity index (χ0n) is 17.7. The molecule has 0 radical (unpaired) electrons. The van der Waals surface area contributed by atoms with Crippen molar-refractivity contribution in [2.45, 2.75) is 19.4 Å². The van der Waals surface area contributed by atoms with Crippen molar-refractivity contribution < 1.29 is 28.8 Å². The standard InChI is InChI=1S/C24H25IO6/c1-4-30-23(24(26)27)15-18-9-10-22(21(25)14-18)31-11-7-5-6-8-17-12-19(28-2)16-20(13-17)29-3/h5,7,9-10,12-14,16,23H,4,11,15H2,1-3H3,(H,26,27). The highest BCUT2D eigenvalue weighted by molar-refractivity contribution is 14.1. The lowest BCUT2D eigenvalue weighted by Crippen LogP contribution is -2.26. The number of carbonyl (C=O) groups is 1. The number of allylic oxidation sites excluding steroid dienone is 1. The zero-order valence-corrected chi connectivity index (χ0v) is 19.8. The summed E-state index contributed by atoms with van der Waals surface area (Å²) in [5.41, 5.74) is 1.67. The third-order valence-electron chi connectivity index (χ3n) is 4.16. The Kier molecular flexibility index (Phi) is 10.2. The second kappa shape index (κ2) is 12.9. The van der Waals surface area contributed by atoms with Gasteiger partial charge in [-0.1, -0.05) is 17.9 Å². The van der Waals surface area contributed by atoms with Crippen LogP contribution in [0.25, 0.3) is 0 Å². The van der Waals surface area contributed by atoms with Gasteiger partial charge in [0.05, 0.1) is 17.8 Å². The van der Waals surface area contributed by atoms with E-state index >= 15 is 0 Å². The summed E-state index contributed by atoms with van der Waals surface area (Å²) in [6.07, 6.45) is 3.01. The third kappa shape index (κ3) is 8.15. The van der Waals surface area contributed by atoms with Crippen molar-refractivity contribution in [3.05, 3.63) is 63.2 Å². The molecule has 7 heteroatoms. The summed E-state index contributed by atoms with van der Waals surface area (Å²) in [6, 6.07) is 11.1. The second-order valence-corrected chi connectivity index (χ2v) is 7.50. The fourth-order valence-corrected chi connectivity index (χ4v) is 3.41. The summed E-state index contributed by atoms with van der Waals surface area (Å²) in [6.45, 7) is 2.50. The van der Waals surface area contributed by atoms with Crippen LogP contribution in [0.4, 0.5) is 0 Å². The van der Waals surface area contributed by atoms with E-state index in [2.05, 4.69) is 34.4 Å². The molecule has 2 aromatic rings. The largest absolute Gasteiger partial charge is 0.497 e. The van der Waals surface area contributed by atoms with Crippen LogP contribution in [-0.4, -0.2) is 44.6 Å². The van der Waals surface area contributed by atoms with Crippen LogP contribution in [-0.2, 0) is 16.0 Å². The third-order valence-corrected chi connectivity index (χ3v) is 5.01. The summed E-state index contributed by atoms with van der Waals surface area (Å²) < 4.78 is 22.4. The van der Waals surface area contributed by atoms with Gasteiger partial charge < -0.3 is 24.1 Å². The second-order valence-electron chi connectivity index (χ2n) is 6.34.